The van der Waals surface area contributed by atoms with Crippen LogP contribution in [0.1, 0.15) is 69.2 Å². The summed E-state index contributed by atoms with van der Waals surface area (Å²) < 4.78 is 31.0. The molecule has 8 nitrogen and oxygen atoms in total. The summed E-state index contributed by atoms with van der Waals surface area (Å²) in [4.78, 5) is 43.3. The van der Waals surface area contributed by atoms with E-state index in [2.05, 4.69) is 15.6 Å². The molecular weight excluding hydrogens is 458 g/mol. The van der Waals surface area contributed by atoms with Crippen LogP contribution in [0, 0.1) is 6.92 Å². The molecule has 3 rings (SSSR count). The van der Waals surface area contributed by atoms with E-state index in [-0.39, 0.29) is 17.4 Å². The first-order chi connectivity index (χ1) is 16.4. The number of nitrogens with zero attached hydrogens (tertiary/aromatic N) is 2. The lowest BCUT2D eigenvalue weighted by molar-refractivity contribution is -0.145. The maximum Gasteiger partial charge on any atom is 0.413 e. The molecule has 2 N–H and O–H groups in total. The number of aromatic nitrogens is 1. The number of ether oxygens (including phenoxy) is 1. The number of alkyl halides is 2. The van der Waals surface area contributed by atoms with Crippen LogP contribution in [0.2, 0.25) is 0 Å². The Morgan fingerprint density at radius 2 is 1.80 bits per heavy atom. The zero-order valence-corrected chi connectivity index (χ0v) is 20.2. The maximum atomic E-state index is 13.0. The second-order valence-corrected chi connectivity index (χ2v) is 9.45. The summed E-state index contributed by atoms with van der Waals surface area (Å²) in [7, 11) is 0. The first-order valence-corrected chi connectivity index (χ1v) is 11.4. The highest BCUT2D eigenvalue weighted by atomic mass is 19.3. The van der Waals surface area contributed by atoms with Crippen LogP contribution in [0.3, 0.4) is 0 Å². The standard InChI is InChI=1S/C25H30F2N4O4/c1-15-13-18(14-28-21(15)30-24(34)35-25(2,3)4)29-22(32)23(33)31-12-6-5-7-19(31)16-8-10-17(11-9-16)20(26)27/h8-11,13-14,19-20H,5-7,12H2,1-4H3,(H,29,32)(H,28,30,34)/t19-/m0/s1. The predicted molar refractivity (Wildman–Crippen MR) is 127 cm³/mol. The van der Waals surface area contributed by atoms with Gasteiger partial charge in [0.15, 0.2) is 0 Å². The fourth-order valence-electron chi connectivity index (χ4n) is 3.87. The van der Waals surface area contributed by atoms with Gasteiger partial charge in [0.1, 0.15) is 11.4 Å². The first kappa shape index (κ1) is 26.1. The molecule has 1 fully saturated rings. The number of benzene rings is 1. The highest BCUT2D eigenvalue weighted by Gasteiger charge is 2.32. The summed E-state index contributed by atoms with van der Waals surface area (Å²) in [5.74, 6) is -1.26. The van der Waals surface area contributed by atoms with Gasteiger partial charge in [-0.15, -0.1) is 0 Å². The number of halogens is 2. The van der Waals surface area contributed by atoms with Crippen molar-refractivity contribution < 1.29 is 27.9 Å². The molecule has 3 amide bonds. The molecule has 1 saturated heterocycles. The lowest BCUT2D eigenvalue weighted by Gasteiger charge is -2.35. The summed E-state index contributed by atoms with van der Waals surface area (Å²) in [6.45, 7) is 7.32. The first-order valence-electron chi connectivity index (χ1n) is 11.4. The summed E-state index contributed by atoms with van der Waals surface area (Å²) in [5.41, 5.74) is 0.822. The Bertz CT molecular complexity index is 1080. The normalized spacial score (nSPS) is 16.1. The van der Waals surface area contributed by atoms with Crippen LogP contribution in [0.25, 0.3) is 0 Å². The minimum atomic E-state index is -2.57. The van der Waals surface area contributed by atoms with E-state index in [4.69, 9.17) is 4.74 Å². The Hall–Kier alpha value is -3.56. The van der Waals surface area contributed by atoms with E-state index in [1.54, 1.807) is 45.9 Å². The van der Waals surface area contributed by atoms with Crippen LogP contribution in [-0.4, -0.2) is 39.9 Å². The van der Waals surface area contributed by atoms with Crippen molar-refractivity contribution in [2.45, 2.75) is 65.0 Å². The van der Waals surface area contributed by atoms with E-state index in [1.165, 1.54) is 23.2 Å². The van der Waals surface area contributed by atoms with Gasteiger partial charge in [-0.25, -0.2) is 18.6 Å². The predicted octanol–water partition coefficient (Wildman–Crippen LogP) is 5.37. The third-order valence-corrected chi connectivity index (χ3v) is 5.49. The maximum absolute atomic E-state index is 13.0. The summed E-state index contributed by atoms with van der Waals surface area (Å²) in [6, 6.07) is 7.08. The number of pyridine rings is 1. The van der Waals surface area contributed by atoms with E-state index in [0.29, 0.717) is 29.8 Å². The number of hydrogen-bond acceptors (Lipinski definition) is 5. The van der Waals surface area contributed by atoms with Gasteiger partial charge in [0.05, 0.1) is 17.9 Å². The molecule has 0 aliphatic carbocycles. The van der Waals surface area contributed by atoms with Crippen molar-refractivity contribution in [3.05, 3.63) is 53.2 Å². The molecular formula is C25H30F2N4O4. The largest absolute Gasteiger partial charge is 0.444 e. The van der Waals surface area contributed by atoms with Crippen molar-refractivity contribution in [1.82, 2.24) is 9.88 Å². The van der Waals surface area contributed by atoms with Crippen molar-refractivity contribution in [2.24, 2.45) is 0 Å². The van der Waals surface area contributed by atoms with Gasteiger partial charge in [-0.3, -0.25) is 14.9 Å². The monoisotopic (exact) mass is 488 g/mol. The average Bonchev–Trinajstić information content (AvgIpc) is 2.79. The molecule has 0 spiro atoms. The molecule has 0 radical (unpaired) electrons. The Labute approximate surface area is 203 Å². The van der Waals surface area contributed by atoms with Crippen molar-refractivity contribution >= 4 is 29.4 Å². The molecule has 2 aromatic rings. The molecule has 1 aromatic heterocycles. The number of anilines is 2. The number of piperidine rings is 1. The van der Waals surface area contributed by atoms with Crippen LogP contribution in [0.4, 0.5) is 25.1 Å². The summed E-state index contributed by atoms with van der Waals surface area (Å²) >= 11 is 0. The van der Waals surface area contributed by atoms with Gasteiger partial charge in [0.2, 0.25) is 0 Å². The third-order valence-electron chi connectivity index (χ3n) is 5.49. The Morgan fingerprint density at radius 3 is 2.40 bits per heavy atom. The second kappa shape index (κ2) is 10.8. The molecule has 35 heavy (non-hydrogen) atoms. The Balaban J connectivity index is 1.67. The number of aryl methyl sites for hydroxylation is 1. The molecule has 2 heterocycles. The summed E-state index contributed by atoms with van der Waals surface area (Å²) in [6.07, 6.45) is 0.359. The van der Waals surface area contributed by atoms with Gasteiger partial charge in [-0.2, -0.15) is 0 Å². The van der Waals surface area contributed by atoms with Gasteiger partial charge in [-0.05, 0) is 64.2 Å². The zero-order valence-electron chi connectivity index (χ0n) is 20.2. The van der Waals surface area contributed by atoms with Crippen LogP contribution in [-0.2, 0) is 14.3 Å². The molecule has 1 aliphatic rings. The molecule has 1 aromatic carbocycles. The van der Waals surface area contributed by atoms with Crippen molar-refractivity contribution in [3.8, 4) is 0 Å². The number of carbonyl (C=O) groups excluding carboxylic acids is 3. The van der Waals surface area contributed by atoms with Gasteiger partial charge < -0.3 is 15.0 Å². The Kier molecular flexibility index (Phi) is 8.03. The Morgan fingerprint density at radius 1 is 1.11 bits per heavy atom. The summed E-state index contributed by atoms with van der Waals surface area (Å²) in [5, 5.41) is 5.11. The molecule has 0 saturated carbocycles. The van der Waals surface area contributed by atoms with Gasteiger partial charge in [0.25, 0.3) is 6.43 Å². The number of rotatable bonds is 4. The number of amides is 3. The van der Waals surface area contributed by atoms with E-state index in [9.17, 15) is 23.2 Å². The smallest absolute Gasteiger partial charge is 0.413 e. The van der Waals surface area contributed by atoms with E-state index < -0.39 is 29.9 Å². The van der Waals surface area contributed by atoms with Crippen LogP contribution in [0.15, 0.2) is 36.5 Å². The topological polar surface area (TPSA) is 101 Å². The van der Waals surface area contributed by atoms with Crippen LogP contribution >= 0.6 is 0 Å². The van der Waals surface area contributed by atoms with Gasteiger partial charge >= 0.3 is 17.9 Å². The number of hydrogen-bond donors (Lipinski definition) is 2. The molecule has 10 heteroatoms. The van der Waals surface area contributed by atoms with Crippen molar-refractivity contribution in [2.75, 3.05) is 17.2 Å². The average molecular weight is 489 g/mol. The van der Waals surface area contributed by atoms with E-state index >= 15 is 0 Å². The number of carbonyl (C=O) groups is 3. The molecule has 1 aliphatic heterocycles. The zero-order chi connectivity index (χ0) is 25.8. The minimum absolute atomic E-state index is 0.0901. The molecule has 1 atom stereocenters. The minimum Gasteiger partial charge on any atom is -0.444 e. The molecule has 188 valence electrons. The fourth-order valence-corrected chi connectivity index (χ4v) is 3.87. The van der Waals surface area contributed by atoms with Crippen LogP contribution in [0.5, 0.6) is 0 Å². The SMILES string of the molecule is Cc1cc(NC(=O)C(=O)N2CCCC[C@H]2c2ccc(C(F)F)cc2)cnc1NC(=O)OC(C)(C)C. The quantitative estimate of drug-likeness (QED) is 0.564. The van der Waals surface area contributed by atoms with Crippen LogP contribution < -0.4 is 10.6 Å². The van der Waals surface area contributed by atoms with Crippen molar-refractivity contribution in [3.63, 3.8) is 0 Å². The second-order valence-electron chi connectivity index (χ2n) is 9.45. The number of likely N-dealkylation sites (tertiary alicyclic amines) is 1. The molecule has 0 unspecified atom stereocenters. The van der Waals surface area contributed by atoms with Crippen molar-refractivity contribution in [1.29, 1.82) is 0 Å². The van der Waals surface area contributed by atoms with E-state index in [1.807, 2.05) is 0 Å². The fraction of sp³-hybridized carbons (Fsp3) is 0.440. The lowest BCUT2D eigenvalue weighted by atomic mass is 9.94. The highest BCUT2D eigenvalue weighted by Crippen LogP contribution is 2.32. The van der Waals surface area contributed by atoms with E-state index in [0.717, 1.165) is 12.8 Å². The van der Waals surface area contributed by atoms with Gasteiger partial charge in [-0.1, -0.05) is 24.3 Å². The molecule has 0 bridgehead atoms. The van der Waals surface area contributed by atoms with Gasteiger partial charge in [0, 0.05) is 12.1 Å². The highest BCUT2D eigenvalue weighted by molar-refractivity contribution is 6.39. The number of nitrogens with one attached hydrogen (secondary N) is 2. The lowest BCUT2D eigenvalue weighted by Crippen LogP contribution is -2.44. The third kappa shape index (κ3) is 6.97.